The lowest BCUT2D eigenvalue weighted by atomic mass is 10.1. The van der Waals surface area contributed by atoms with Crippen LogP contribution in [0.25, 0.3) is 11.2 Å². The van der Waals surface area contributed by atoms with E-state index >= 15 is 0 Å². The molecule has 21 heavy (non-hydrogen) atoms. The Balaban J connectivity index is 1.77. The van der Waals surface area contributed by atoms with Crippen LogP contribution in [-0.4, -0.2) is 49.5 Å². The van der Waals surface area contributed by atoms with Crippen molar-refractivity contribution in [3.8, 4) is 0 Å². The fraction of sp³-hybridized carbons (Fsp3) is 0.500. The van der Waals surface area contributed by atoms with Crippen LogP contribution in [-0.2, 0) is 13.8 Å². The van der Waals surface area contributed by atoms with Crippen LogP contribution in [0.15, 0.2) is 6.33 Å². The molecule has 2 saturated heterocycles. The van der Waals surface area contributed by atoms with E-state index in [9.17, 15) is 9.50 Å². The molecule has 3 N–H and O–H groups in total. The summed E-state index contributed by atoms with van der Waals surface area (Å²) in [7, 11) is -0.138. The van der Waals surface area contributed by atoms with Crippen LogP contribution in [0, 0.1) is 6.08 Å². The Kier molecular flexibility index (Phi) is 3.02. The number of ether oxygens (including phenoxy) is 1. The second-order valence-corrected chi connectivity index (χ2v) is 5.43. The average molecular weight is 315 g/mol. The first-order chi connectivity index (χ1) is 10.1. The first kappa shape index (κ1) is 13.2. The van der Waals surface area contributed by atoms with Crippen molar-refractivity contribution in [3.05, 3.63) is 12.4 Å². The zero-order valence-electron chi connectivity index (χ0n) is 10.5. The quantitative estimate of drug-likeness (QED) is 0.545. The summed E-state index contributed by atoms with van der Waals surface area (Å²) >= 11 is 0. The Morgan fingerprint density at radius 3 is 3.14 bits per heavy atom. The topological polar surface area (TPSA) is 118 Å². The van der Waals surface area contributed by atoms with Gasteiger partial charge in [-0.3, -0.25) is 4.57 Å². The predicted molar refractivity (Wildman–Crippen MR) is 68.8 cm³/mol. The van der Waals surface area contributed by atoms with Gasteiger partial charge in [-0.1, -0.05) is 0 Å². The number of nitrogens with two attached hydrogens (primary N) is 1. The van der Waals surface area contributed by atoms with Gasteiger partial charge >= 0.3 is 6.08 Å². The molecule has 11 heteroatoms. The second kappa shape index (κ2) is 4.79. The van der Waals surface area contributed by atoms with Crippen LogP contribution in [0.1, 0.15) is 6.23 Å². The van der Waals surface area contributed by atoms with Crippen molar-refractivity contribution in [3.63, 3.8) is 0 Å². The van der Waals surface area contributed by atoms with Crippen LogP contribution in [0.5, 0.6) is 0 Å². The van der Waals surface area contributed by atoms with Gasteiger partial charge in [0.15, 0.2) is 32.2 Å². The van der Waals surface area contributed by atoms with Crippen molar-refractivity contribution in [1.29, 1.82) is 0 Å². The van der Waals surface area contributed by atoms with Gasteiger partial charge in [0.05, 0.1) is 12.9 Å². The predicted octanol–water partition coefficient (Wildman–Crippen LogP) is -0.270. The normalized spacial score (nSPS) is 33.6. The Bertz CT molecular complexity index is 699. The monoisotopic (exact) mass is 315 g/mol. The summed E-state index contributed by atoms with van der Waals surface area (Å²) in [6.45, 7) is 0.328. The maximum absolute atomic E-state index is 13.3. The maximum Gasteiger partial charge on any atom is 0.312 e. The number of nitrogen functional groups attached to an aromatic ring is 1. The molecule has 0 aromatic carbocycles. The lowest BCUT2D eigenvalue weighted by Crippen LogP contribution is -2.36. The summed E-state index contributed by atoms with van der Waals surface area (Å²) in [6.07, 6.45) is -2.22. The number of aliphatic hydroxyl groups excluding tert-OH is 1. The lowest BCUT2D eigenvalue weighted by molar-refractivity contribution is -0.0520. The number of hydrogen-bond donors (Lipinski definition) is 2. The van der Waals surface area contributed by atoms with Crippen LogP contribution < -0.4 is 5.73 Å². The smallest absolute Gasteiger partial charge is 0.312 e. The molecule has 2 aliphatic rings. The van der Waals surface area contributed by atoms with E-state index in [2.05, 4.69) is 15.0 Å². The van der Waals surface area contributed by atoms with Crippen LogP contribution in [0.2, 0.25) is 0 Å². The van der Waals surface area contributed by atoms with Gasteiger partial charge < -0.3 is 24.6 Å². The van der Waals surface area contributed by atoms with Crippen molar-refractivity contribution in [2.75, 3.05) is 12.3 Å². The van der Waals surface area contributed by atoms with E-state index in [-0.39, 0.29) is 26.0 Å². The number of fused-ring (bicyclic) bond motifs is 2. The molecule has 0 saturated carbocycles. The molecule has 2 aliphatic heterocycles. The van der Waals surface area contributed by atoms with Crippen molar-refractivity contribution < 1.29 is 23.3 Å². The summed E-state index contributed by atoms with van der Waals surface area (Å²) in [5, 5.41) is 10.3. The van der Waals surface area contributed by atoms with Crippen molar-refractivity contribution in [1.82, 2.24) is 19.5 Å². The Labute approximate surface area is 119 Å². The number of aliphatic hydroxyl groups is 1. The van der Waals surface area contributed by atoms with E-state index in [1.54, 1.807) is 0 Å². The molecule has 0 amide bonds. The maximum atomic E-state index is 13.3. The zero-order valence-corrected chi connectivity index (χ0v) is 11.5. The fourth-order valence-corrected chi connectivity index (χ4v) is 3.23. The second-order valence-electron chi connectivity index (χ2n) is 4.73. The SMILES string of the molecule is Nc1nc(F)nc2c1ncn2C1OC2COPOC2C1O. The van der Waals surface area contributed by atoms with E-state index in [1.807, 2.05) is 0 Å². The van der Waals surface area contributed by atoms with Gasteiger partial charge in [-0.15, -0.1) is 0 Å². The average Bonchev–Trinajstić information content (AvgIpc) is 3.01. The molecule has 112 valence electrons. The minimum absolute atomic E-state index is 0.0674. The molecule has 4 rings (SSSR count). The van der Waals surface area contributed by atoms with Crippen LogP contribution >= 0.6 is 9.03 Å². The number of rotatable bonds is 1. The molecule has 2 aromatic rings. The largest absolute Gasteiger partial charge is 0.386 e. The molecule has 2 fully saturated rings. The van der Waals surface area contributed by atoms with E-state index in [1.165, 1.54) is 10.9 Å². The first-order valence-corrected chi connectivity index (χ1v) is 6.98. The highest BCUT2D eigenvalue weighted by molar-refractivity contribution is 7.26. The molecule has 2 aromatic heterocycles. The van der Waals surface area contributed by atoms with Gasteiger partial charge in [-0.2, -0.15) is 14.4 Å². The van der Waals surface area contributed by atoms with Crippen LogP contribution in [0.4, 0.5) is 10.2 Å². The number of hydrogen-bond acceptors (Lipinski definition) is 8. The van der Waals surface area contributed by atoms with E-state index in [4.69, 9.17) is 19.5 Å². The summed E-state index contributed by atoms with van der Waals surface area (Å²) in [5.74, 6) is -0.0674. The van der Waals surface area contributed by atoms with Gasteiger partial charge in [-0.25, -0.2) is 4.98 Å². The molecule has 9 nitrogen and oxygen atoms in total. The van der Waals surface area contributed by atoms with Gasteiger partial charge in [-0.05, 0) is 0 Å². The Hall–Kier alpha value is -1.45. The van der Waals surface area contributed by atoms with Crippen molar-refractivity contribution >= 4 is 26.0 Å². The third-order valence-electron chi connectivity index (χ3n) is 3.50. The summed E-state index contributed by atoms with van der Waals surface area (Å²) in [4.78, 5) is 11.1. The van der Waals surface area contributed by atoms with Gasteiger partial charge in [0.25, 0.3) is 0 Å². The minimum atomic E-state index is -0.965. The molecule has 5 unspecified atom stereocenters. The highest BCUT2D eigenvalue weighted by atomic mass is 31.1. The lowest BCUT2D eigenvalue weighted by Gasteiger charge is -2.24. The van der Waals surface area contributed by atoms with E-state index in [0.29, 0.717) is 6.61 Å². The Morgan fingerprint density at radius 2 is 2.33 bits per heavy atom. The van der Waals surface area contributed by atoms with Gasteiger partial charge in [0.1, 0.15) is 18.3 Å². The molecule has 5 atom stereocenters. The van der Waals surface area contributed by atoms with Crippen molar-refractivity contribution in [2.45, 2.75) is 24.5 Å². The molecular formula is C10H11FN5O4P. The minimum Gasteiger partial charge on any atom is -0.386 e. The number of halogens is 1. The Morgan fingerprint density at radius 1 is 1.48 bits per heavy atom. The number of nitrogens with zero attached hydrogens (tertiary/aromatic N) is 4. The van der Waals surface area contributed by atoms with Crippen LogP contribution in [0.3, 0.4) is 0 Å². The summed E-state index contributed by atoms with van der Waals surface area (Å²) in [6, 6.07) is 0. The fourth-order valence-electron chi connectivity index (χ4n) is 2.53. The molecule has 0 bridgehead atoms. The first-order valence-electron chi connectivity index (χ1n) is 6.16. The standard InChI is InChI=1S/C10H11FN5O4P/c11-10-14-7(12)4-8(15-10)16(2-13-4)9-5(17)6-3(19-9)1-18-21-20-6/h2-3,5-6,9,17,21H,1H2,(H2,12,14,15). The summed E-state index contributed by atoms with van der Waals surface area (Å²) in [5.41, 5.74) is 6.02. The third-order valence-corrected chi connectivity index (χ3v) is 4.15. The highest BCUT2D eigenvalue weighted by Crippen LogP contribution is 2.40. The van der Waals surface area contributed by atoms with Gasteiger partial charge in [0.2, 0.25) is 0 Å². The molecule has 4 heterocycles. The zero-order chi connectivity index (χ0) is 14.6. The molecule has 0 spiro atoms. The number of aromatic nitrogens is 4. The van der Waals surface area contributed by atoms with Gasteiger partial charge in [0, 0.05) is 0 Å². The molecule has 0 aliphatic carbocycles. The van der Waals surface area contributed by atoms with Crippen molar-refractivity contribution in [2.24, 2.45) is 0 Å². The molecular weight excluding hydrogens is 304 g/mol. The highest BCUT2D eigenvalue weighted by Gasteiger charge is 2.48. The molecule has 0 radical (unpaired) electrons. The number of anilines is 1. The summed E-state index contributed by atoms with van der Waals surface area (Å²) < 4.78 is 31.0. The number of imidazole rings is 1. The van der Waals surface area contributed by atoms with E-state index in [0.717, 1.165) is 0 Å². The van der Waals surface area contributed by atoms with E-state index < -0.39 is 30.6 Å². The third kappa shape index (κ3) is 1.99.